The Morgan fingerprint density at radius 3 is 2.38 bits per heavy atom. The Labute approximate surface area is 175 Å². The number of fused-ring (bicyclic) bond motifs is 3. The number of rotatable bonds is 3. The van der Waals surface area contributed by atoms with Gasteiger partial charge in [-0.3, -0.25) is 4.79 Å². The minimum absolute atomic E-state index is 0.143. The van der Waals surface area contributed by atoms with Gasteiger partial charge < -0.3 is 9.47 Å². The fourth-order valence-electron chi connectivity index (χ4n) is 7.44. The average Bonchev–Trinajstić information content (AvgIpc) is 2.90. The normalized spacial score (nSPS) is 44.7. The Morgan fingerprint density at radius 2 is 1.79 bits per heavy atom. The first-order chi connectivity index (χ1) is 13.3. The Kier molecular flexibility index (Phi) is 4.41. The van der Waals surface area contributed by atoms with Crippen LogP contribution in [0, 0.1) is 33.5 Å². The molecular weight excluding hydrogens is 364 g/mol. The highest BCUT2D eigenvalue weighted by Crippen LogP contribution is 2.66. The van der Waals surface area contributed by atoms with Crippen molar-refractivity contribution in [3.05, 3.63) is 11.6 Å². The lowest BCUT2D eigenvalue weighted by Crippen LogP contribution is -2.52. The van der Waals surface area contributed by atoms with E-state index in [-0.39, 0.29) is 23.3 Å². The van der Waals surface area contributed by atoms with E-state index in [4.69, 9.17) is 9.47 Å². The molecule has 0 spiro atoms. The van der Waals surface area contributed by atoms with Crippen LogP contribution in [0.2, 0.25) is 0 Å². The van der Waals surface area contributed by atoms with E-state index >= 15 is 0 Å². The number of esters is 2. The predicted octanol–water partition coefficient (Wildman–Crippen LogP) is 5.45. The highest BCUT2D eigenvalue weighted by Gasteiger charge is 2.76. The van der Waals surface area contributed by atoms with Crippen molar-refractivity contribution < 1.29 is 19.1 Å². The highest BCUT2D eigenvalue weighted by atomic mass is 16.6. The smallest absolute Gasteiger partial charge is 0.351 e. The van der Waals surface area contributed by atoms with Crippen molar-refractivity contribution in [1.82, 2.24) is 0 Å². The summed E-state index contributed by atoms with van der Waals surface area (Å²) in [6, 6.07) is 0. The second-order valence-corrected chi connectivity index (χ2v) is 11.9. The lowest BCUT2D eigenvalue weighted by Gasteiger charge is -2.56. The molecule has 0 aromatic heterocycles. The Hall–Kier alpha value is -1.32. The maximum absolute atomic E-state index is 13.4. The highest BCUT2D eigenvalue weighted by molar-refractivity contribution is 5.93. The van der Waals surface area contributed by atoms with Crippen molar-refractivity contribution in [2.75, 3.05) is 6.61 Å². The van der Waals surface area contributed by atoms with Crippen LogP contribution in [0.1, 0.15) is 87.0 Å². The molecule has 4 heteroatoms. The molecule has 0 radical (unpaired) electrons. The number of hydrogen-bond donors (Lipinski definition) is 0. The van der Waals surface area contributed by atoms with E-state index in [2.05, 4.69) is 33.8 Å². The largest absolute Gasteiger partial charge is 0.462 e. The zero-order valence-corrected chi connectivity index (χ0v) is 19.3. The third-order valence-electron chi connectivity index (χ3n) is 10.1. The zero-order valence-electron chi connectivity index (χ0n) is 19.3. The summed E-state index contributed by atoms with van der Waals surface area (Å²) in [6.07, 6.45) is 8.40. The molecule has 0 unspecified atom stereocenters. The van der Waals surface area contributed by atoms with Crippen molar-refractivity contribution in [3.8, 4) is 0 Å². The van der Waals surface area contributed by atoms with Crippen LogP contribution >= 0.6 is 0 Å². The van der Waals surface area contributed by atoms with E-state index in [9.17, 15) is 9.59 Å². The van der Waals surface area contributed by atoms with Crippen LogP contribution in [0.3, 0.4) is 0 Å². The molecule has 2 saturated carbocycles. The molecule has 0 N–H and O–H groups in total. The number of ether oxygens (including phenoxy) is 2. The van der Waals surface area contributed by atoms with Crippen molar-refractivity contribution >= 4 is 11.9 Å². The van der Waals surface area contributed by atoms with Crippen LogP contribution in [0.4, 0.5) is 0 Å². The van der Waals surface area contributed by atoms with E-state index in [1.807, 2.05) is 20.8 Å². The van der Waals surface area contributed by atoms with Crippen molar-refractivity contribution in [3.63, 3.8) is 0 Å². The fraction of sp³-hybridized carbons (Fsp3) is 0.840. The van der Waals surface area contributed by atoms with E-state index in [0.717, 1.165) is 6.42 Å². The summed E-state index contributed by atoms with van der Waals surface area (Å²) < 4.78 is 11.7. The number of carbonyl (C=O) groups is 2. The Bertz CT molecular complexity index is 778. The molecule has 1 heterocycles. The first-order valence-corrected chi connectivity index (χ1v) is 11.4. The van der Waals surface area contributed by atoms with E-state index in [1.165, 1.54) is 24.8 Å². The lowest BCUT2D eigenvalue weighted by molar-refractivity contribution is -0.185. The first-order valence-electron chi connectivity index (χ1n) is 11.4. The second-order valence-electron chi connectivity index (χ2n) is 11.9. The fourth-order valence-corrected chi connectivity index (χ4v) is 7.44. The van der Waals surface area contributed by atoms with Gasteiger partial charge in [-0.1, -0.05) is 52.7 Å². The molecule has 0 aromatic rings. The van der Waals surface area contributed by atoms with Crippen LogP contribution < -0.4 is 0 Å². The van der Waals surface area contributed by atoms with E-state index < -0.39 is 16.4 Å². The van der Waals surface area contributed by atoms with Crippen LogP contribution in [-0.4, -0.2) is 24.1 Å². The van der Waals surface area contributed by atoms with Gasteiger partial charge in [-0.2, -0.15) is 0 Å². The van der Waals surface area contributed by atoms with Crippen LogP contribution in [0.5, 0.6) is 0 Å². The van der Waals surface area contributed by atoms with Gasteiger partial charge >= 0.3 is 11.9 Å². The quantitative estimate of drug-likeness (QED) is 0.465. The van der Waals surface area contributed by atoms with E-state index in [1.54, 1.807) is 0 Å². The molecule has 5 atom stereocenters. The van der Waals surface area contributed by atoms with Crippen LogP contribution in [-0.2, 0) is 19.1 Å². The molecule has 0 amide bonds. The molecule has 2 bridgehead atoms. The summed E-state index contributed by atoms with van der Waals surface area (Å²) >= 11 is 0. The summed E-state index contributed by atoms with van der Waals surface area (Å²) in [6.45, 7) is 15.7. The Balaban J connectivity index is 1.56. The molecule has 1 aliphatic heterocycles. The maximum atomic E-state index is 13.4. The molecule has 29 heavy (non-hydrogen) atoms. The Morgan fingerprint density at radius 1 is 1.10 bits per heavy atom. The van der Waals surface area contributed by atoms with Gasteiger partial charge in [0.15, 0.2) is 0 Å². The van der Waals surface area contributed by atoms with Crippen molar-refractivity contribution in [1.29, 1.82) is 0 Å². The summed E-state index contributed by atoms with van der Waals surface area (Å²) in [4.78, 5) is 25.9. The molecule has 4 aliphatic rings. The number of carbonyl (C=O) groups excluding carboxylic acids is 2. The molecule has 1 saturated heterocycles. The van der Waals surface area contributed by atoms with Gasteiger partial charge in [-0.15, -0.1) is 0 Å². The van der Waals surface area contributed by atoms with Crippen LogP contribution in [0.25, 0.3) is 0 Å². The summed E-state index contributed by atoms with van der Waals surface area (Å²) in [5, 5.41) is 0. The monoisotopic (exact) mass is 402 g/mol. The van der Waals surface area contributed by atoms with Gasteiger partial charge in [0.2, 0.25) is 5.60 Å². The van der Waals surface area contributed by atoms with E-state index in [0.29, 0.717) is 30.8 Å². The first kappa shape index (κ1) is 20.9. The molecule has 0 aromatic carbocycles. The SMILES string of the molecule is CC1=CC[C@H]2C(C)(C)CCC[C@]2(C)[C@H]1COC(=O)[C@@]12CC[C@@](C)(C(=O)O1)C2(C)C. The van der Waals surface area contributed by atoms with Gasteiger partial charge in [0.1, 0.15) is 0 Å². The molecule has 4 rings (SSSR count). The second kappa shape index (κ2) is 6.11. The van der Waals surface area contributed by atoms with Gasteiger partial charge in [-0.25, -0.2) is 4.79 Å². The number of allylic oxidation sites excluding steroid dienone is 1. The summed E-state index contributed by atoms with van der Waals surface area (Å²) in [7, 11) is 0. The average molecular weight is 403 g/mol. The van der Waals surface area contributed by atoms with Gasteiger partial charge in [0.25, 0.3) is 0 Å². The summed E-state index contributed by atoms with van der Waals surface area (Å²) in [5.74, 6) is 0.241. The minimum Gasteiger partial charge on any atom is -0.462 e. The van der Waals surface area contributed by atoms with Gasteiger partial charge in [-0.05, 0) is 62.7 Å². The van der Waals surface area contributed by atoms with Crippen molar-refractivity contribution in [2.45, 2.75) is 92.6 Å². The summed E-state index contributed by atoms with van der Waals surface area (Å²) in [5.41, 5.74) is -0.490. The van der Waals surface area contributed by atoms with Crippen molar-refractivity contribution in [2.24, 2.45) is 33.5 Å². The zero-order chi connectivity index (χ0) is 21.5. The molecule has 3 fully saturated rings. The topological polar surface area (TPSA) is 52.6 Å². The van der Waals surface area contributed by atoms with Gasteiger partial charge in [0.05, 0.1) is 12.0 Å². The third kappa shape index (κ3) is 2.50. The van der Waals surface area contributed by atoms with Crippen LogP contribution in [0.15, 0.2) is 11.6 Å². The standard InChI is InChI=1S/C25H38O4/c1-16-9-10-18-21(2,3)11-8-12-23(18,6)17(16)15-28-20(27)25-14-13-24(7,19(26)29-25)22(25,4)5/h9,17-18H,8,10-15H2,1-7H3/t17-,18-,23+,24-,25+/m0/s1. The maximum Gasteiger partial charge on any atom is 0.351 e. The van der Waals surface area contributed by atoms with Gasteiger partial charge in [0, 0.05) is 11.3 Å². The predicted molar refractivity (Wildman–Crippen MR) is 112 cm³/mol. The molecule has 3 aliphatic carbocycles. The molecule has 4 nitrogen and oxygen atoms in total. The third-order valence-corrected chi connectivity index (χ3v) is 10.1. The molecule has 162 valence electrons. The molecular formula is C25H38O4. The number of hydrogen-bond acceptors (Lipinski definition) is 4. The minimum atomic E-state index is -1.13. The lowest BCUT2D eigenvalue weighted by atomic mass is 9.49.